The molecule has 0 aliphatic carbocycles. The highest BCUT2D eigenvalue weighted by molar-refractivity contribution is 7.98. The molecule has 0 aliphatic rings. The molecule has 0 bridgehead atoms. The summed E-state index contributed by atoms with van der Waals surface area (Å²) in [6.45, 7) is 3.83. The Morgan fingerprint density at radius 1 is 1.13 bits per heavy atom. The van der Waals surface area contributed by atoms with Crippen molar-refractivity contribution in [3.05, 3.63) is 53.3 Å². The van der Waals surface area contributed by atoms with Gasteiger partial charge in [0.2, 0.25) is 11.1 Å². The molecule has 7 nitrogen and oxygen atoms in total. The molecule has 0 saturated heterocycles. The lowest BCUT2D eigenvalue weighted by molar-refractivity contribution is -0.115. The Bertz CT molecular complexity index is 1440. The monoisotopic (exact) mass is 434 g/mol. The highest BCUT2D eigenvalue weighted by atomic mass is 32.2. The SMILES string of the molecule is CSc1nc2nc(C)c(CC(=O)Nc3nc4c(ccc5ccccc54)s3)c(C)n2n1. The van der Waals surface area contributed by atoms with Crippen molar-refractivity contribution in [2.45, 2.75) is 25.4 Å². The van der Waals surface area contributed by atoms with E-state index >= 15 is 0 Å². The predicted octanol–water partition coefficient (Wildman–Crippen LogP) is 4.41. The molecule has 30 heavy (non-hydrogen) atoms. The molecule has 1 N–H and O–H groups in total. The molecule has 5 aromatic rings. The second-order valence-electron chi connectivity index (χ2n) is 6.95. The Morgan fingerprint density at radius 3 is 2.80 bits per heavy atom. The fourth-order valence-electron chi connectivity index (χ4n) is 3.57. The first-order chi connectivity index (χ1) is 14.5. The summed E-state index contributed by atoms with van der Waals surface area (Å²) in [4.78, 5) is 26.4. The van der Waals surface area contributed by atoms with Gasteiger partial charge in [0.1, 0.15) is 0 Å². The van der Waals surface area contributed by atoms with Crippen LogP contribution in [0.4, 0.5) is 5.13 Å². The van der Waals surface area contributed by atoms with Gasteiger partial charge < -0.3 is 5.32 Å². The number of hydrogen-bond acceptors (Lipinski definition) is 7. The van der Waals surface area contributed by atoms with Crippen molar-refractivity contribution in [2.75, 3.05) is 11.6 Å². The maximum Gasteiger partial charge on any atom is 0.253 e. The van der Waals surface area contributed by atoms with E-state index in [0.29, 0.717) is 16.1 Å². The van der Waals surface area contributed by atoms with E-state index in [9.17, 15) is 4.79 Å². The van der Waals surface area contributed by atoms with Crippen LogP contribution in [0.25, 0.3) is 26.8 Å². The van der Waals surface area contributed by atoms with E-state index in [-0.39, 0.29) is 12.3 Å². The summed E-state index contributed by atoms with van der Waals surface area (Å²) in [5.41, 5.74) is 3.42. The van der Waals surface area contributed by atoms with E-state index in [1.54, 1.807) is 4.52 Å². The molecule has 2 aromatic carbocycles. The number of amides is 1. The van der Waals surface area contributed by atoms with E-state index in [4.69, 9.17) is 0 Å². The largest absolute Gasteiger partial charge is 0.302 e. The molecule has 0 atom stereocenters. The number of benzene rings is 2. The van der Waals surface area contributed by atoms with E-state index in [1.165, 1.54) is 23.1 Å². The molecule has 0 fully saturated rings. The summed E-state index contributed by atoms with van der Waals surface area (Å²) in [6, 6.07) is 12.3. The Hall–Kier alpha value is -3.04. The Morgan fingerprint density at radius 2 is 1.97 bits per heavy atom. The molecule has 9 heteroatoms. The Kier molecular flexibility index (Phi) is 4.63. The molecular weight excluding hydrogens is 416 g/mol. The second kappa shape index (κ2) is 7.33. The number of nitrogens with one attached hydrogen (secondary N) is 1. The molecule has 0 spiro atoms. The number of hydrogen-bond donors (Lipinski definition) is 1. The normalized spacial score (nSPS) is 11.6. The Balaban J connectivity index is 1.44. The van der Waals surface area contributed by atoms with Crippen LogP contribution in [-0.4, -0.2) is 36.7 Å². The zero-order valence-electron chi connectivity index (χ0n) is 16.6. The molecule has 0 aliphatic heterocycles. The van der Waals surface area contributed by atoms with Crippen LogP contribution in [0, 0.1) is 13.8 Å². The summed E-state index contributed by atoms with van der Waals surface area (Å²) in [5.74, 6) is 0.424. The number of carbonyl (C=O) groups is 1. The van der Waals surface area contributed by atoms with Crippen LogP contribution in [0.5, 0.6) is 0 Å². The zero-order chi connectivity index (χ0) is 20.8. The number of fused-ring (bicyclic) bond motifs is 4. The minimum absolute atomic E-state index is 0.129. The third kappa shape index (κ3) is 3.20. The van der Waals surface area contributed by atoms with Gasteiger partial charge in [0.05, 0.1) is 16.6 Å². The van der Waals surface area contributed by atoms with Gasteiger partial charge in [-0.05, 0) is 31.6 Å². The van der Waals surface area contributed by atoms with Crippen LogP contribution < -0.4 is 5.32 Å². The number of carbonyl (C=O) groups excluding carboxylic acids is 1. The van der Waals surface area contributed by atoms with Crippen molar-refractivity contribution >= 4 is 60.9 Å². The quantitative estimate of drug-likeness (QED) is 0.422. The van der Waals surface area contributed by atoms with Gasteiger partial charge in [0.25, 0.3) is 5.78 Å². The van der Waals surface area contributed by atoms with Gasteiger partial charge in [0.15, 0.2) is 5.13 Å². The molecule has 1 amide bonds. The van der Waals surface area contributed by atoms with Gasteiger partial charge >= 0.3 is 0 Å². The number of thiazole rings is 1. The first kappa shape index (κ1) is 19.0. The van der Waals surface area contributed by atoms with Crippen LogP contribution in [0.2, 0.25) is 0 Å². The van der Waals surface area contributed by atoms with Crippen LogP contribution in [0.1, 0.15) is 17.0 Å². The average molecular weight is 435 g/mol. The standard InChI is InChI=1S/C21H18N6OS2/c1-11-15(12(2)27-19(22-11)25-21(26-27)29-3)10-17(28)23-20-24-18-14-7-5-4-6-13(14)8-9-16(18)30-20/h4-9H,10H2,1-3H3,(H,23,24,28). The fraction of sp³-hybridized carbons (Fsp3) is 0.190. The lowest BCUT2D eigenvalue weighted by Gasteiger charge is -2.09. The van der Waals surface area contributed by atoms with Gasteiger partial charge in [-0.2, -0.15) is 4.98 Å². The topological polar surface area (TPSA) is 85.1 Å². The summed E-state index contributed by atoms with van der Waals surface area (Å²) in [6.07, 6.45) is 2.12. The number of anilines is 1. The van der Waals surface area contributed by atoms with Gasteiger partial charge in [-0.3, -0.25) is 4.79 Å². The van der Waals surface area contributed by atoms with Crippen molar-refractivity contribution in [3.63, 3.8) is 0 Å². The van der Waals surface area contributed by atoms with Crippen molar-refractivity contribution in [3.8, 4) is 0 Å². The van der Waals surface area contributed by atoms with Crippen molar-refractivity contribution in [1.82, 2.24) is 24.6 Å². The van der Waals surface area contributed by atoms with Crippen LogP contribution in [-0.2, 0) is 11.2 Å². The minimum Gasteiger partial charge on any atom is -0.302 e. The molecule has 5 rings (SSSR count). The molecule has 150 valence electrons. The maximum absolute atomic E-state index is 12.8. The van der Waals surface area contributed by atoms with Gasteiger partial charge in [-0.25, -0.2) is 14.5 Å². The van der Waals surface area contributed by atoms with Gasteiger partial charge in [-0.1, -0.05) is 53.4 Å². The summed E-state index contributed by atoms with van der Waals surface area (Å²) >= 11 is 2.94. The summed E-state index contributed by atoms with van der Waals surface area (Å²) < 4.78 is 2.75. The molecule has 0 saturated carbocycles. The highest BCUT2D eigenvalue weighted by Gasteiger charge is 2.17. The van der Waals surface area contributed by atoms with Gasteiger partial charge in [0, 0.05) is 22.3 Å². The molecule has 3 aromatic heterocycles. The van der Waals surface area contributed by atoms with Crippen molar-refractivity contribution in [1.29, 1.82) is 0 Å². The van der Waals surface area contributed by atoms with Crippen LogP contribution in [0.15, 0.2) is 41.6 Å². The number of aryl methyl sites for hydroxylation is 2. The van der Waals surface area contributed by atoms with Crippen LogP contribution >= 0.6 is 23.1 Å². The second-order valence-corrected chi connectivity index (χ2v) is 8.75. The number of thioether (sulfide) groups is 1. The smallest absolute Gasteiger partial charge is 0.253 e. The summed E-state index contributed by atoms with van der Waals surface area (Å²) in [7, 11) is 0. The fourth-order valence-corrected chi connectivity index (χ4v) is 4.81. The number of aromatic nitrogens is 5. The van der Waals surface area contributed by atoms with E-state index < -0.39 is 0 Å². The highest BCUT2D eigenvalue weighted by Crippen LogP contribution is 2.31. The van der Waals surface area contributed by atoms with Crippen molar-refractivity contribution in [2.24, 2.45) is 0 Å². The molecular formula is C21H18N6OS2. The zero-order valence-corrected chi connectivity index (χ0v) is 18.3. The maximum atomic E-state index is 12.8. The molecule has 0 unspecified atom stereocenters. The minimum atomic E-state index is -0.129. The lowest BCUT2D eigenvalue weighted by atomic mass is 10.1. The lowest BCUT2D eigenvalue weighted by Crippen LogP contribution is -2.17. The average Bonchev–Trinajstić information content (AvgIpc) is 3.34. The third-order valence-corrected chi connectivity index (χ3v) is 6.55. The Labute approximate surface area is 180 Å². The predicted molar refractivity (Wildman–Crippen MR) is 121 cm³/mol. The third-order valence-electron chi connectivity index (χ3n) is 5.08. The summed E-state index contributed by atoms with van der Waals surface area (Å²) in [5, 5.41) is 10.9. The van der Waals surface area contributed by atoms with Crippen molar-refractivity contribution < 1.29 is 4.79 Å². The molecule has 0 radical (unpaired) electrons. The number of rotatable bonds is 4. The first-order valence-electron chi connectivity index (χ1n) is 9.38. The van der Waals surface area contributed by atoms with Gasteiger partial charge in [-0.15, -0.1) is 5.10 Å². The molecule has 3 heterocycles. The van der Waals surface area contributed by atoms with E-state index in [0.717, 1.165) is 37.9 Å². The number of nitrogens with zero attached hydrogens (tertiary/aromatic N) is 5. The van der Waals surface area contributed by atoms with Crippen LogP contribution in [0.3, 0.4) is 0 Å². The van der Waals surface area contributed by atoms with E-state index in [2.05, 4.69) is 43.6 Å². The van der Waals surface area contributed by atoms with E-state index in [1.807, 2.05) is 38.3 Å². The first-order valence-corrected chi connectivity index (χ1v) is 11.4.